The van der Waals surface area contributed by atoms with Gasteiger partial charge in [0.05, 0.1) is 6.54 Å². The minimum absolute atomic E-state index is 0.0457. The molecule has 2 N–H and O–H groups in total. The lowest BCUT2D eigenvalue weighted by Crippen LogP contribution is -2.24. The van der Waals surface area contributed by atoms with Gasteiger partial charge in [-0.25, -0.2) is 9.97 Å². The van der Waals surface area contributed by atoms with Crippen LogP contribution in [-0.2, 0) is 22.1 Å². The van der Waals surface area contributed by atoms with Crippen molar-refractivity contribution >= 4 is 32.8 Å². The van der Waals surface area contributed by atoms with Crippen LogP contribution >= 0.6 is 27.0 Å². The van der Waals surface area contributed by atoms with Crippen LogP contribution in [0.3, 0.4) is 0 Å². The summed E-state index contributed by atoms with van der Waals surface area (Å²) in [4.78, 5) is 72.6. The number of nitrogens with zero attached hydrogens (tertiary/aromatic N) is 3. The van der Waals surface area contributed by atoms with Crippen molar-refractivity contribution in [3.05, 3.63) is 37.8 Å². The molecule has 0 spiro atoms. The van der Waals surface area contributed by atoms with Crippen molar-refractivity contribution in [1.29, 1.82) is 0 Å². The van der Waals surface area contributed by atoms with Crippen molar-refractivity contribution in [3.8, 4) is 0 Å². The summed E-state index contributed by atoms with van der Waals surface area (Å²) in [6, 6.07) is 0. The Morgan fingerprint density at radius 2 is 1.57 bits per heavy atom. The molecule has 2 aromatic rings. The van der Waals surface area contributed by atoms with Crippen molar-refractivity contribution < 1.29 is 38.5 Å². The van der Waals surface area contributed by atoms with Gasteiger partial charge in [0.25, 0.3) is 0 Å². The van der Waals surface area contributed by atoms with Gasteiger partial charge in [0.1, 0.15) is 11.6 Å². The maximum absolute atomic E-state index is 11.9. The van der Waals surface area contributed by atoms with Crippen molar-refractivity contribution in [1.82, 2.24) is 14.5 Å². The fourth-order valence-corrected chi connectivity index (χ4v) is 2.76. The zero-order valence-corrected chi connectivity index (χ0v) is 17.5. The molecule has 0 amide bonds. The second-order valence-electron chi connectivity index (χ2n) is 5.04. The summed E-state index contributed by atoms with van der Waals surface area (Å²) in [5.41, 5.74) is 7.64. The molecule has 16 heteroatoms. The third kappa shape index (κ3) is 12.1. The number of thiazole rings is 1. The van der Waals surface area contributed by atoms with Crippen LogP contribution in [0.25, 0.3) is 0 Å². The molecule has 0 radical (unpaired) electrons. The Morgan fingerprint density at radius 1 is 1.11 bits per heavy atom. The van der Waals surface area contributed by atoms with Crippen LogP contribution in [0, 0.1) is 13.8 Å². The highest BCUT2D eigenvalue weighted by Crippen LogP contribution is 2.15. The molecule has 0 aliphatic rings. The molecular formula is C12H16N4O9P2S-6. The van der Waals surface area contributed by atoms with Crippen LogP contribution in [0.5, 0.6) is 0 Å². The monoisotopic (exact) mass is 454 g/mol. The summed E-state index contributed by atoms with van der Waals surface area (Å²) < 4.78 is 18.8. The van der Waals surface area contributed by atoms with E-state index in [2.05, 4.69) is 9.97 Å². The first-order chi connectivity index (χ1) is 12.5. The minimum Gasteiger partial charge on any atom is -0.822 e. The van der Waals surface area contributed by atoms with E-state index in [-0.39, 0.29) is 4.87 Å². The quantitative estimate of drug-likeness (QED) is 0.434. The average Bonchev–Trinajstić information content (AvgIpc) is 2.73. The largest absolute Gasteiger partial charge is 0.822 e. The predicted octanol–water partition coefficient (Wildman–Crippen LogP) is -4.14. The first kappa shape index (κ1) is 26.5. The van der Waals surface area contributed by atoms with Gasteiger partial charge < -0.3 is 44.2 Å². The van der Waals surface area contributed by atoms with Crippen LogP contribution in [0.2, 0.25) is 0 Å². The Kier molecular flexibility index (Phi) is 10.3. The van der Waals surface area contributed by atoms with Gasteiger partial charge in [0.2, 0.25) is 0 Å². The van der Waals surface area contributed by atoms with E-state index in [0.717, 1.165) is 22.6 Å². The number of rotatable bonds is 3. The Morgan fingerprint density at radius 3 is 1.93 bits per heavy atom. The Bertz CT molecular complexity index is 897. The van der Waals surface area contributed by atoms with Crippen LogP contribution in [0.4, 0.5) is 5.82 Å². The average molecular weight is 454 g/mol. The van der Waals surface area contributed by atoms with Crippen molar-refractivity contribution in [2.75, 3.05) is 5.73 Å². The zero-order valence-electron chi connectivity index (χ0n) is 14.9. The normalized spacial score (nSPS) is 11.2. The first-order valence-corrected chi connectivity index (χ1v) is 11.0. The predicted molar refractivity (Wildman–Crippen MR) is 88.2 cm³/mol. The number of aromatic nitrogens is 3. The van der Waals surface area contributed by atoms with Gasteiger partial charge in [-0.1, -0.05) is 18.3 Å². The summed E-state index contributed by atoms with van der Waals surface area (Å²) >= 11 is 1.30. The number of nitrogen functional groups attached to an aromatic ring is 1. The van der Waals surface area contributed by atoms with E-state index in [1.54, 1.807) is 17.7 Å². The Balaban J connectivity index is 0.000000607. The molecular weight excluding hydrogens is 438 g/mol. The molecule has 0 unspecified atom stereocenters. The molecule has 0 bridgehead atoms. The molecule has 28 heavy (non-hydrogen) atoms. The highest BCUT2D eigenvalue weighted by molar-refractivity contribution is 7.40. The fraction of sp³-hybridized carbons (Fsp3) is 0.417. The van der Waals surface area contributed by atoms with Gasteiger partial charge in [-0.15, -0.1) is 0 Å². The molecule has 0 aliphatic carbocycles. The number of phosphoric acid groups is 2. The van der Waals surface area contributed by atoms with E-state index in [4.69, 9.17) is 44.2 Å². The summed E-state index contributed by atoms with van der Waals surface area (Å²) in [7, 11) is -10.8. The number of nitrogens with two attached hydrogens (primary N) is 1. The number of hydrogen-bond acceptors (Lipinski definition) is 13. The molecule has 13 nitrogen and oxygen atoms in total. The second-order valence-corrected chi connectivity index (χ2v) is 7.87. The summed E-state index contributed by atoms with van der Waals surface area (Å²) in [5.74, 6) is 1.08. The maximum Gasteiger partial charge on any atom is 0.307 e. The van der Waals surface area contributed by atoms with Crippen LogP contribution < -0.4 is 40.0 Å². The molecule has 0 atom stereocenters. The SMILES string of the molecule is CCc1sc(=O)n(Cc2cnc(C)nc2N)c1C.O=P([O-])([O-])[O-].O=P([O-])([O-])[O-]. The smallest absolute Gasteiger partial charge is 0.307 e. The lowest BCUT2D eigenvalue weighted by Gasteiger charge is -2.36. The maximum atomic E-state index is 11.9. The molecule has 0 aromatic carbocycles. The van der Waals surface area contributed by atoms with Crippen molar-refractivity contribution in [2.45, 2.75) is 33.7 Å². The zero-order chi connectivity index (χ0) is 22.3. The van der Waals surface area contributed by atoms with Gasteiger partial charge in [0, 0.05) is 22.3 Å². The third-order valence-electron chi connectivity index (χ3n) is 2.91. The molecule has 2 rings (SSSR count). The molecule has 0 fully saturated rings. The highest BCUT2D eigenvalue weighted by Gasteiger charge is 2.11. The first-order valence-electron chi connectivity index (χ1n) is 7.26. The third-order valence-corrected chi connectivity index (χ3v) is 4.13. The lowest BCUT2D eigenvalue weighted by molar-refractivity contribution is -0.434. The van der Waals surface area contributed by atoms with Crippen molar-refractivity contribution in [2.24, 2.45) is 0 Å². The topological polar surface area (TPSA) is 246 Å². The summed E-state index contributed by atoms with van der Waals surface area (Å²) in [5, 5.41) is 0. The fourth-order valence-electron chi connectivity index (χ4n) is 1.84. The van der Waals surface area contributed by atoms with E-state index in [1.807, 2.05) is 13.8 Å². The number of aryl methyl sites for hydroxylation is 2. The number of anilines is 1. The lowest BCUT2D eigenvalue weighted by atomic mass is 10.2. The standard InChI is InChI=1S/C12H16N4OS.2H3O4P/c1-4-10-7(2)16(12(17)18-10)6-9-5-14-8(3)15-11(9)13;2*1-5(2,3)4/h5H,4,6H2,1-3H3,(H2,13,14,15);2*(H3,1,2,3,4)/p-6. The van der Waals surface area contributed by atoms with Gasteiger partial charge in [-0.05, 0) is 20.3 Å². The minimum atomic E-state index is -5.39. The van der Waals surface area contributed by atoms with E-state index >= 15 is 0 Å². The van der Waals surface area contributed by atoms with E-state index in [9.17, 15) is 4.79 Å². The molecule has 160 valence electrons. The van der Waals surface area contributed by atoms with E-state index < -0.39 is 15.6 Å². The molecule has 0 saturated heterocycles. The summed E-state index contributed by atoms with van der Waals surface area (Å²) in [6.07, 6.45) is 2.56. The molecule has 0 aliphatic heterocycles. The van der Waals surface area contributed by atoms with E-state index in [0.29, 0.717) is 18.2 Å². The Hall–Kier alpha value is -1.47. The molecule has 2 aromatic heterocycles. The molecule has 0 saturated carbocycles. The van der Waals surface area contributed by atoms with Gasteiger partial charge in [-0.3, -0.25) is 9.36 Å². The molecule has 2 heterocycles. The highest BCUT2D eigenvalue weighted by atomic mass is 32.1. The summed E-state index contributed by atoms with van der Waals surface area (Å²) in [6.45, 7) is 6.23. The van der Waals surface area contributed by atoms with Gasteiger partial charge >= 0.3 is 4.87 Å². The van der Waals surface area contributed by atoms with Crippen LogP contribution in [0.15, 0.2) is 11.0 Å². The van der Waals surface area contributed by atoms with Crippen LogP contribution in [0.1, 0.15) is 28.9 Å². The second kappa shape index (κ2) is 10.9. The van der Waals surface area contributed by atoms with Crippen molar-refractivity contribution in [3.63, 3.8) is 0 Å². The van der Waals surface area contributed by atoms with Gasteiger partial charge in [0.15, 0.2) is 0 Å². The Labute approximate surface area is 163 Å². The van der Waals surface area contributed by atoms with Gasteiger partial charge in [-0.2, -0.15) is 15.6 Å². The number of hydrogen-bond donors (Lipinski definition) is 1. The van der Waals surface area contributed by atoms with E-state index in [1.165, 1.54) is 11.3 Å². The van der Waals surface area contributed by atoms with Crippen LogP contribution in [-0.4, -0.2) is 14.5 Å².